The van der Waals surface area contributed by atoms with Crippen LogP contribution in [0.25, 0.3) is 0 Å². The fraction of sp³-hybridized carbons (Fsp3) is 0.440. The maximum atomic E-state index is 12.6. The van der Waals surface area contributed by atoms with Crippen LogP contribution in [0.5, 0.6) is 5.75 Å². The van der Waals surface area contributed by atoms with Crippen LogP contribution in [0.1, 0.15) is 62.7 Å². The molecule has 0 atom stereocenters. The molecule has 1 saturated carbocycles. The van der Waals surface area contributed by atoms with Gasteiger partial charge in [-0.1, -0.05) is 33.1 Å². The molecule has 10 heteroatoms. The minimum atomic E-state index is -3.57. The number of hydrogen-bond donors (Lipinski definition) is 3. The van der Waals surface area contributed by atoms with E-state index >= 15 is 0 Å². The highest BCUT2D eigenvalue weighted by atomic mass is 79.9. The molecule has 0 spiro atoms. The number of halogens is 1. The second-order valence-electron chi connectivity index (χ2n) is 9.07. The van der Waals surface area contributed by atoms with Crippen LogP contribution in [0.2, 0.25) is 0 Å². The van der Waals surface area contributed by atoms with Gasteiger partial charge in [0.15, 0.2) is 5.11 Å². The smallest absolute Gasteiger partial charge is 0.257 e. The highest BCUT2D eigenvalue weighted by molar-refractivity contribution is 9.10. The fourth-order valence-corrected chi connectivity index (χ4v) is 5.74. The van der Waals surface area contributed by atoms with E-state index in [1.165, 1.54) is 12.1 Å². The van der Waals surface area contributed by atoms with Crippen molar-refractivity contribution in [3.05, 3.63) is 52.5 Å². The summed E-state index contributed by atoms with van der Waals surface area (Å²) in [5, 5.41) is 5.66. The molecule has 35 heavy (non-hydrogen) atoms. The van der Waals surface area contributed by atoms with Crippen molar-refractivity contribution in [1.82, 2.24) is 10.0 Å². The first kappa shape index (κ1) is 27.6. The van der Waals surface area contributed by atoms with E-state index in [0.29, 0.717) is 34.0 Å². The predicted molar refractivity (Wildman–Crippen MR) is 146 cm³/mol. The number of thiocarbonyl (C=S) groups is 1. The van der Waals surface area contributed by atoms with E-state index in [0.717, 1.165) is 38.5 Å². The first-order valence-electron chi connectivity index (χ1n) is 11.8. The molecule has 7 nitrogen and oxygen atoms in total. The lowest BCUT2D eigenvalue weighted by molar-refractivity contribution is 0.0977. The average Bonchev–Trinajstić information content (AvgIpc) is 2.80. The van der Waals surface area contributed by atoms with Crippen LogP contribution in [-0.2, 0) is 10.0 Å². The molecule has 0 unspecified atom stereocenters. The van der Waals surface area contributed by atoms with Gasteiger partial charge in [0, 0.05) is 17.3 Å². The number of rotatable bonds is 9. The second kappa shape index (κ2) is 12.8. The molecule has 0 bridgehead atoms. The van der Waals surface area contributed by atoms with Crippen molar-refractivity contribution in [2.45, 2.75) is 63.3 Å². The third-order valence-electron chi connectivity index (χ3n) is 5.72. The summed E-state index contributed by atoms with van der Waals surface area (Å²) in [5.41, 5.74) is 0.995. The SMILES string of the molecule is CC(C)CCOc1ccc(C(=O)NC(=S)Nc2ccc(S(=O)(=O)NC3CCCCC3)cc2)cc1Br. The molecule has 3 rings (SSSR count). The van der Waals surface area contributed by atoms with Crippen LogP contribution in [0.15, 0.2) is 51.8 Å². The van der Waals surface area contributed by atoms with Gasteiger partial charge in [-0.3, -0.25) is 10.1 Å². The van der Waals surface area contributed by atoms with E-state index in [9.17, 15) is 13.2 Å². The molecular weight excluding hydrogens is 550 g/mol. The Hall–Kier alpha value is -2.01. The predicted octanol–water partition coefficient (Wildman–Crippen LogP) is 5.61. The fourth-order valence-electron chi connectivity index (χ4n) is 3.73. The van der Waals surface area contributed by atoms with Gasteiger partial charge >= 0.3 is 0 Å². The Morgan fingerprint density at radius 1 is 1.11 bits per heavy atom. The number of nitrogens with one attached hydrogen (secondary N) is 3. The number of carbonyl (C=O) groups excluding carboxylic acids is 1. The highest BCUT2D eigenvalue weighted by Gasteiger charge is 2.21. The Balaban J connectivity index is 1.53. The van der Waals surface area contributed by atoms with Gasteiger partial charge in [0.25, 0.3) is 5.91 Å². The number of amides is 1. The summed E-state index contributed by atoms with van der Waals surface area (Å²) in [5.74, 6) is 0.856. The van der Waals surface area contributed by atoms with Crippen LogP contribution in [0, 0.1) is 5.92 Å². The van der Waals surface area contributed by atoms with Crippen LogP contribution in [-0.4, -0.2) is 32.1 Å². The minimum absolute atomic E-state index is 0.00459. The third kappa shape index (κ3) is 8.56. The van der Waals surface area contributed by atoms with Gasteiger partial charge in [-0.25, -0.2) is 13.1 Å². The Morgan fingerprint density at radius 2 is 1.80 bits per heavy atom. The van der Waals surface area contributed by atoms with Crippen LogP contribution >= 0.6 is 28.1 Å². The van der Waals surface area contributed by atoms with Crippen molar-refractivity contribution >= 4 is 54.9 Å². The van der Waals surface area contributed by atoms with Crippen molar-refractivity contribution in [1.29, 1.82) is 0 Å². The molecule has 2 aromatic rings. The molecule has 1 fully saturated rings. The summed E-state index contributed by atoms with van der Waals surface area (Å²) in [4.78, 5) is 12.8. The van der Waals surface area contributed by atoms with Gasteiger partial charge in [0.05, 0.1) is 16.0 Å². The van der Waals surface area contributed by atoms with E-state index in [1.54, 1.807) is 30.3 Å². The summed E-state index contributed by atoms with van der Waals surface area (Å²) in [6.45, 7) is 4.87. The average molecular weight is 583 g/mol. The number of benzene rings is 2. The van der Waals surface area contributed by atoms with Gasteiger partial charge < -0.3 is 10.1 Å². The van der Waals surface area contributed by atoms with Gasteiger partial charge in [-0.2, -0.15) is 0 Å². The monoisotopic (exact) mass is 581 g/mol. The second-order valence-corrected chi connectivity index (χ2v) is 12.0. The van der Waals surface area contributed by atoms with E-state index in [4.69, 9.17) is 17.0 Å². The maximum absolute atomic E-state index is 12.6. The van der Waals surface area contributed by atoms with E-state index in [1.807, 2.05) is 0 Å². The molecule has 1 aliphatic rings. The van der Waals surface area contributed by atoms with E-state index in [-0.39, 0.29) is 22.0 Å². The summed E-state index contributed by atoms with van der Waals surface area (Å²) in [6, 6.07) is 11.4. The molecule has 190 valence electrons. The Bertz CT molecular complexity index is 1130. The van der Waals surface area contributed by atoms with Crippen molar-refractivity contribution in [3.8, 4) is 5.75 Å². The van der Waals surface area contributed by atoms with Crippen molar-refractivity contribution in [2.75, 3.05) is 11.9 Å². The zero-order valence-electron chi connectivity index (χ0n) is 20.0. The first-order valence-corrected chi connectivity index (χ1v) is 14.5. The van der Waals surface area contributed by atoms with Crippen LogP contribution < -0.4 is 20.1 Å². The standard InChI is InChI=1S/C25H32BrN3O4S2/c1-17(2)14-15-33-23-13-8-18(16-22(23)26)24(30)28-25(34)27-19-9-11-21(12-10-19)35(31,32)29-20-6-4-3-5-7-20/h8-13,16-17,20,29H,3-7,14-15H2,1-2H3,(H2,27,28,30,34). The molecular formula is C25H32BrN3O4S2. The quantitative estimate of drug-likeness (QED) is 0.333. The minimum Gasteiger partial charge on any atom is -0.492 e. The number of hydrogen-bond acceptors (Lipinski definition) is 5. The topological polar surface area (TPSA) is 96.5 Å². The lowest BCUT2D eigenvalue weighted by atomic mass is 9.96. The zero-order chi connectivity index (χ0) is 25.4. The molecule has 0 aliphatic heterocycles. The molecule has 0 saturated heterocycles. The van der Waals surface area contributed by atoms with Crippen molar-refractivity contribution in [3.63, 3.8) is 0 Å². The Kier molecular flexibility index (Phi) is 10.1. The van der Waals surface area contributed by atoms with E-state index in [2.05, 4.69) is 45.1 Å². The summed E-state index contributed by atoms with van der Waals surface area (Å²) in [7, 11) is -3.57. The maximum Gasteiger partial charge on any atom is 0.257 e. The molecule has 2 aromatic carbocycles. The van der Waals surface area contributed by atoms with Gasteiger partial charge in [-0.15, -0.1) is 0 Å². The number of ether oxygens (including phenoxy) is 1. The number of anilines is 1. The molecule has 1 aliphatic carbocycles. The Labute approximate surface area is 221 Å². The zero-order valence-corrected chi connectivity index (χ0v) is 23.2. The summed E-state index contributed by atoms with van der Waals surface area (Å²) in [6.07, 6.45) is 5.94. The molecule has 0 heterocycles. The van der Waals surface area contributed by atoms with E-state index < -0.39 is 10.0 Å². The lowest BCUT2D eigenvalue weighted by Gasteiger charge is -2.22. The van der Waals surface area contributed by atoms with Crippen LogP contribution in [0.4, 0.5) is 5.69 Å². The van der Waals surface area contributed by atoms with Gasteiger partial charge in [-0.05, 0) is 95.8 Å². The summed E-state index contributed by atoms with van der Waals surface area (Å²) < 4.78 is 34.5. The molecule has 3 N–H and O–H groups in total. The normalized spacial score (nSPS) is 14.5. The van der Waals surface area contributed by atoms with Gasteiger partial charge in [0.1, 0.15) is 5.75 Å². The van der Waals surface area contributed by atoms with Crippen molar-refractivity contribution in [2.24, 2.45) is 5.92 Å². The molecule has 0 radical (unpaired) electrons. The Morgan fingerprint density at radius 3 is 2.43 bits per heavy atom. The largest absolute Gasteiger partial charge is 0.492 e. The molecule has 1 amide bonds. The first-order chi connectivity index (χ1) is 16.6. The third-order valence-corrected chi connectivity index (χ3v) is 8.08. The van der Waals surface area contributed by atoms with Crippen LogP contribution in [0.3, 0.4) is 0 Å². The molecule has 0 aromatic heterocycles. The van der Waals surface area contributed by atoms with Gasteiger partial charge in [0.2, 0.25) is 10.0 Å². The number of carbonyl (C=O) groups is 1. The summed E-state index contributed by atoms with van der Waals surface area (Å²) >= 11 is 8.71. The number of sulfonamides is 1. The van der Waals surface area contributed by atoms with Crippen molar-refractivity contribution < 1.29 is 17.9 Å². The lowest BCUT2D eigenvalue weighted by Crippen LogP contribution is -2.36. The highest BCUT2D eigenvalue weighted by Crippen LogP contribution is 2.26.